The fourth-order valence-electron chi connectivity index (χ4n) is 1.10. The van der Waals surface area contributed by atoms with Crippen LogP contribution in [0, 0.1) is 5.41 Å². The van der Waals surface area contributed by atoms with Crippen LogP contribution >= 0.6 is 0 Å². The molecule has 110 valence electrons. The van der Waals surface area contributed by atoms with Crippen LogP contribution in [0.1, 0.15) is 59.8 Å². The van der Waals surface area contributed by atoms with E-state index >= 15 is 0 Å². The summed E-state index contributed by atoms with van der Waals surface area (Å²) >= 11 is 0. The van der Waals surface area contributed by atoms with Crippen molar-refractivity contribution in [2.45, 2.75) is 59.8 Å². The van der Waals surface area contributed by atoms with Crippen LogP contribution in [0.3, 0.4) is 0 Å². The number of carbonyl (C=O) groups excluding carboxylic acids is 1. The van der Waals surface area contributed by atoms with E-state index in [1.165, 1.54) is 13.0 Å². The highest BCUT2D eigenvalue weighted by Crippen LogP contribution is 2.22. The summed E-state index contributed by atoms with van der Waals surface area (Å²) in [5.74, 6) is -0.925. The molecular formula is C15H33NO2. The topological polar surface area (TPSA) is 40.1 Å². The molecule has 0 aromatic carbocycles. The zero-order valence-corrected chi connectivity index (χ0v) is 13.5. The van der Waals surface area contributed by atoms with Crippen LogP contribution in [-0.4, -0.2) is 38.1 Å². The van der Waals surface area contributed by atoms with Gasteiger partial charge in [0.05, 0.1) is 27.7 Å². The Bertz CT molecular complexity index is 212. The second-order valence-electron chi connectivity index (χ2n) is 7.10. The smallest absolute Gasteiger partial charge is 0.0751 e. The summed E-state index contributed by atoms with van der Waals surface area (Å²) in [5.41, 5.74) is 0.376. The first kappa shape index (κ1) is 19.8. The van der Waals surface area contributed by atoms with Crippen molar-refractivity contribution in [1.82, 2.24) is 0 Å². The first-order valence-electron chi connectivity index (χ1n) is 6.98. The molecule has 0 amide bonds. The highest BCUT2D eigenvalue weighted by Gasteiger charge is 2.08. The second kappa shape index (κ2) is 9.37. The predicted molar refractivity (Wildman–Crippen MR) is 76.1 cm³/mol. The molecule has 0 unspecified atom stereocenters. The predicted octanol–water partition coefficient (Wildman–Crippen LogP) is 2.45. The molecule has 0 aliphatic carbocycles. The maximum Gasteiger partial charge on any atom is 0.0751 e. The Balaban J connectivity index is 0. The lowest BCUT2D eigenvalue weighted by atomic mass is 9.89. The van der Waals surface area contributed by atoms with E-state index in [0.717, 1.165) is 23.7 Å². The molecule has 0 bridgehead atoms. The number of carbonyl (C=O) groups is 1. The molecule has 0 spiro atoms. The number of aliphatic carboxylic acids is 1. The fraction of sp³-hybridized carbons (Fsp3) is 0.933. The van der Waals surface area contributed by atoms with E-state index in [-0.39, 0.29) is 6.42 Å². The van der Waals surface area contributed by atoms with E-state index in [2.05, 4.69) is 48.8 Å². The lowest BCUT2D eigenvalue weighted by Gasteiger charge is -2.20. The third kappa shape index (κ3) is 24.6. The molecule has 0 rings (SSSR count). The lowest BCUT2D eigenvalue weighted by molar-refractivity contribution is -0.868. The third-order valence-corrected chi connectivity index (χ3v) is 2.76. The van der Waals surface area contributed by atoms with Gasteiger partial charge in [0.25, 0.3) is 0 Å². The molecule has 0 aliphatic heterocycles. The quantitative estimate of drug-likeness (QED) is 0.543. The Labute approximate surface area is 114 Å². The average Bonchev–Trinajstić information content (AvgIpc) is 2.15. The molecule has 0 atom stereocenters. The Morgan fingerprint density at radius 2 is 1.50 bits per heavy atom. The Hall–Kier alpha value is -0.570. The molecule has 0 radical (unpaired) electrons. The van der Waals surface area contributed by atoms with Gasteiger partial charge in [-0.05, 0) is 31.6 Å². The van der Waals surface area contributed by atoms with Crippen LogP contribution in [-0.2, 0) is 4.79 Å². The number of hydrogen-bond donors (Lipinski definition) is 0. The molecule has 0 aromatic rings. The van der Waals surface area contributed by atoms with Crippen LogP contribution in [0.25, 0.3) is 0 Å². The molecule has 0 aliphatic rings. The molecule has 0 heterocycles. The summed E-state index contributed by atoms with van der Waals surface area (Å²) < 4.78 is 1.07. The van der Waals surface area contributed by atoms with E-state index in [0.29, 0.717) is 5.41 Å². The largest absolute Gasteiger partial charge is 0.550 e. The van der Waals surface area contributed by atoms with Crippen molar-refractivity contribution in [3.8, 4) is 0 Å². The summed E-state index contributed by atoms with van der Waals surface area (Å²) in [6.07, 6.45) is 4.27. The summed E-state index contributed by atoms with van der Waals surface area (Å²) in [5, 5.41) is 10.0. The van der Waals surface area contributed by atoms with E-state index in [9.17, 15) is 9.90 Å². The minimum absolute atomic E-state index is 0.212. The van der Waals surface area contributed by atoms with Crippen LogP contribution < -0.4 is 5.11 Å². The van der Waals surface area contributed by atoms with Crippen LogP contribution in [0.15, 0.2) is 0 Å². The molecule has 3 nitrogen and oxygen atoms in total. The van der Waals surface area contributed by atoms with Crippen molar-refractivity contribution in [2.75, 3.05) is 27.7 Å². The average molecular weight is 259 g/mol. The molecule has 18 heavy (non-hydrogen) atoms. The molecule has 0 saturated carbocycles. The third-order valence-electron chi connectivity index (χ3n) is 2.76. The summed E-state index contributed by atoms with van der Waals surface area (Å²) in [6, 6.07) is 0. The highest BCUT2D eigenvalue weighted by atomic mass is 16.4. The van der Waals surface area contributed by atoms with Gasteiger partial charge in [0.2, 0.25) is 0 Å². The Morgan fingerprint density at radius 3 is 1.78 bits per heavy atom. The highest BCUT2D eigenvalue weighted by molar-refractivity contribution is 5.63. The number of hydrogen-bond acceptors (Lipinski definition) is 2. The van der Waals surface area contributed by atoms with Gasteiger partial charge in [0, 0.05) is 5.97 Å². The summed E-state index contributed by atoms with van der Waals surface area (Å²) in [7, 11) is 6.54. The van der Waals surface area contributed by atoms with Gasteiger partial charge >= 0.3 is 0 Å². The lowest BCUT2D eigenvalue weighted by Crippen LogP contribution is -2.33. The van der Waals surface area contributed by atoms with Gasteiger partial charge in [0.15, 0.2) is 0 Å². The van der Waals surface area contributed by atoms with Crippen molar-refractivity contribution in [3.05, 3.63) is 0 Å². The number of carboxylic acid groups (broad SMARTS) is 1. The fourth-order valence-corrected chi connectivity index (χ4v) is 1.10. The van der Waals surface area contributed by atoms with Crippen molar-refractivity contribution in [3.63, 3.8) is 0 Å². The van der Waals surface area contributed by atoms with Crippen LogP contribution in [0.2, 0.25) is 0 Å². The minimum Gasteiger partial charge on any atom is -0.550 e. The Kier molecular flexibility index (Phi) is 10.3. The molecule has 0 fully saturated rings. The van der Waals surface area contributed by atoms with Gasteiger partial charge in [-0.2, -0.15) is 0 Å². The standard InChI is InChI=1S/C10H20O2.C5H14N/c1-10(2,3)8-6-4-5-7-9(11)12;1-5-6(2,3)4/h4-8H2,1-3H3,(H,11,12);5H2,1-4H3/q;+1/p-1. The van der Waals surface area contributed by atoms with Gasteiger partial charge in [-0.15, -0.1) is 0 Å². The second-order valence-corrected chi connectivity index (χ2v) is 7.10. The molecule has 0 N–H and O–H groups in total. The molecule has 3 heteroatoms. The number of rotatable bonds is 6. The normalized spacial score (nSPS) is 11.7. The Morgan fingerprint density at radius 1 is 1.06 bits per heavy atom. The van der Waals surface area contributed by atoms with Crippen molar-refractivity contribution in [1.29, 1.82) is 0 Å². The number of nitrogens with zero attached hydrogens (tertiary/aromatic N) is 1. The summed E-state index contributed by atoms with van der Waals surface area (Å²) in [6.45, 7) is 9.99. The number of carboxylic acids is 1. The molecule has 0 saturated heterocycles. The zero-order chi connectivity index (χ0) is 14.8. The maximum atomic E-state index is 10.0. The molecule has 0 aromatic heterocycles. The number of unbranched alkanes of at least 4 members (excludes halogenated alkanes) is 2. The first-order valence-corrected chi connectivity index (χ1v) is 6.98. The van der Waals surface area contributed by atoms with Gasteiger partial charge < -0.3 is 14.4 Å². The maximum absolute atomic E-state index is 10.0. The van der Waals surface area contributed by atoms with Crippen molar-refractivity contribution in [2.24, 2.45) is 5.41 Å². The SMILES string of the molecule is CC(C)(C)CCCCCC(=O)[O-].CC[N+](C)(C)C. The van der Waals surface area contributed by atoms with Gasteiger partial charge in [-0.25, -0.2) is 0 Å². The van der Waals surface area contributed by atoms with E-state index in [4.69, 9.17) is 0 Å². The zero-order valence-electron chi connectivity index (χ0n) is 13.5. The van der Waals surface area contributed by atoms with Crippen molar-refractivity contribution < 1.29 is 14.4 Å². The van der Waals surface area contributed by atoms with Crippen LogP contribution in [0.5, 0.6) is 0 Å². The van der Waals surface area contributed by atoms with Gasteiger partial charge in [-0.1, -0.05) is 33.6 Å². The summed E-state index contributed by atoms with van der Waals surface area (Å²) in [4.78, 5) is 10.0. The van der Waals surface area contributed by atoms with E-state index < -0.39 is 5.97 Å². The molecular weight excluding hydrogens is 226 g/mol. The van der Waals surface area contributed by atoms with E-state index in [1.807, 2.05) is 0 Å². The first-order chi connectivity index (χ1) is 7.98. The van der Waals surface area contributed by atoms with Crippen LogP contribution in [0.4, 0.5) is 0 Å². The van der Waals surface area contributed by atoms with Gasteiger partial charge in [-0.3, -0.25) is 0 Å². The van der Waals surface area contributed by atoms with Crippen molar-refractivity contribution >= 4 is 5.97 Å². The van der Waals surface area contributed by atoms with E-state index in [1.54, 1.807) is 0 Å². The van der Waals surface area contributed by atoms with Gasteiger partial charge in [0.1, 0.15) is 0 Å². The minimum atomic E-state index is -0.925. The number of quaternary nitrogens is 1. The monoisotopic (exact) mass is 259 g/mol.